The maximum absolute atomic E-state index is 11.9. The number of amides is 1. The number of hydrogen-bond acceptors (Lipinski definition) is 2. The van der Waals surface area contributed by atoms with Crippen molar-refractivity contribution in [2.24, 2.45) is 5.92 Å². The molecular formula is C16H27NO2. The average molecular weight is 265 g/mol. The molecule has 0 radical (unpaired) electrons. The van der Waals surface area contributed by atoms with Gasteiger partial charge < -0.3 is 10.4 Å². The molecule has 0 aromatic carbocycles. The van der Waals surface area contributed by atoms with Gasteiger partial charge in [-0.05, 0) is 57.3 Å². The number of rotatable bonds is 4. The van der Waals surface area contributed by atoms with Gasteiger partial charge in [0.2, 0.25) is 5.91 Å². The number of aliphatic hydroxyl groups is 1. The second kappa shape index (κ2) is 6.56. The maximum atomic E-state index is 11.9. The molecule has 2 aliphatic rings. The molecule has 0 atom stereocenters. The molecular weight excluding hydrogens is 238 g/mol. The number of allylic oxidation sites excluding steroid dienone is 1. The standard InChI is InChI=1S/C16H27NO2/c1-13-7-9-16(19,10-8-13)12-17-15(18)11-14-5-3-2-4-6-14/h5,13,19H,2-4,6-12H2,1H3,(H,17,18). The zero-order chi connectivity index (χ0) is 13.7. The van der Waals surface area contributed by atoms with Crippen molar-refractivity contribution in [3.63, 3.8) is 0 Å². The van der Waals surface area contributed by atoms with E-state index in [-0.39, 0.29) is 5.91 Å². The van der Waals surface area contributed by atoms with E-state index in [0.717, 1.165) is 38.5 Å². The van der Waals surface area contributed by atoms with E-state index in [0.29, 0.717) is 18.9 Å². The first kappa shape index (κ1) is 14.6. The normalized spacial score (nSPS) is 31.7. The second-order valence-electron chi connectivity index (χ2n) is 6.47. The van der Waals surface area contributed by atoms with Gasteiger partial charge in [0, 0.05) is 13.0 Å². The van der Waals surface area contributed by atoms with E-state index in [4.69, 9.17) is 0 Å². The molecule has 0 aromatic heterocycles. The van der Waals surface area contributed by atoms with Crippen molar-refractivity contribution in [3.8, 4) is 0 Å². The number of hydrogen-bond donors (Lipinski definition) is 2. The zero-order valence-corrected chi connectivity index (χ0v) is 12.1. The lowest BCUT2D eigenvalue weighted by molar-refractivity contribution is -0.122. The summed E-state index contributed by atoms with van der Waals surface area (Å²) < 4.78 is 0. The van der Waals surface area contributed by atoms with Gasteiger partial charge in [-0.15, -0.1) is 0 Å². The van der Waals surface area contributed by atoms with Gasteiger partial charge in [0.15, 0.2) is 0 Å². The molecule has 108 valence electrons. The predicted molar refractivity (Wildman–Crippen MR) is 76.8 cm³/mol. The lowest BCUT2D eigenvalue weighted by atomic mass is 9.79. The zero-order valence-electron chi connectivity index (χ0n) is 12.1. The fourth-order valence-electron chi connectivity index (χ4n) is 3.07. The third kappa shape index (κ3) is 4.64. The van der Waals surface area contributed by atoms with Gasteiger partial charge in [-0.1, -0.05) is 18.6 Å². The van der Waals surface area contributed by atoms with E-state index in [9.17, 15) is 9.90 Å². The summed E-state index contributed by atoms with van der Waals surface area (Å²) in [5, 5.41) is 13.3. The van der Waals surface area contributed by atoms with Crippen LogP contribution in [0.25, 0.3) is 0 Å². The summed E-state index contributed by atoms with van der Waals surface area (Å²) in [5.41, 5.74) is 0.608. The highest BCUT2D eigenvalue weighted by molar-refractivity contribution is 5.78. The van der Waals surface area contributed by atoms with E-state index in [1.165, 1.54) is 18.4 Å². The molecule has 0 spiro atoms. The molecule has 0 saturated heterocycles. The summed E-state index contributed by atoms with van der Waals surface area (Å²) in [6.07, 6.45) is 11.1. The van der Waals surface area contributed by atoms with E-state index in [2.05, 4.69) is 18.3 Å². The second-order valence-corrected chi connectivity index (χ2v) is 6.47. The topological polar surface area (TPSA) is 49.3 Å². The van der Waals surface area contributed by atoms with Crippen LogP contribution in [0.4, 0.5) is 0 Å². The van der Waals surface area contributed by atoms with Crippen molar-refractivity contribution >= 4 is 5.91 Å². The largest absolute Gasteiger partial charge is 0.388 e. The Kier molecular flexibility index (Phi) is 5.03. The summed E-state index contributed by atoms with van der Waals surface area (Å²) in [6.45, 7) is 2.65. The minimum Gasteiger partial charge on any atom is -0.388 e. The maximum Gasteiger partial charge on any atom is 0.224 e. The Labute approximate surface area is 116 Å². The molecule has 1 amide bonds. The van der Waals surface area contributed by atoms with Gasteiger partial charge >= 0.3 is 0 Å². The molecule has 0 aliphatic heterocycles. The molecule has 3 nitrogen and oxygen atoms in total. The van der Waals surface area contributed by atoms with Crippen LogP contribution in [0.15, 0.2) is 11.6 Å². The quantitative estimate of drug-likeness (QED) is 0.768. The Morgan fingerprint density at radius 3 is 2.79 bits per heavy atom. The Bertz CT molecular complexity index is 341. The molecule has 0 unspecified atom stereocenters. The number of nitrogens with one attached hydrogen (secondary N) is 1. The van der Waals surface area contributed by atoms with E-state index < -0.39 is 5.60 Å². The van der Waals surface area contributed by atoms with Gasteiger partial charge in [-0.25, -0.2) is 0 Å². The lowest BCUT2D eigenvalue weighted by Crippen LogP contribution is -2.45. The van der Waals surface area contributed by atoms with Crippen LogP contribution in [-0.4, -0.2) is 23.2 Å². The molecule has 0 heterocycles. The van der Waals surface area contributed by atoms with Gasteiger partial charge in [0.25, 0.3) is 0 Å². The molecule has 2 aliphatic carbocycles. The highest BCUT2D eigenvalue weighted by Crippen LogP contribution is 2.31. The van der Waals surface area contributed by atoms with Crippen molar-refractivity contribution in [1.82, 2.24) is 5.32 Å². The monoisotopic (exact) mass is 265 g/mol. The fourth-order valence-corrected chi connectivity index (χ4v) is 3.07. The van der Waals surface area contributed by atoms with Crippen molar-refractivity contribution in [3.05, 3.63) is 11.6 Å². The van der Waals surface area contributed by atoms with Gasteiger partial charge in [-0.2, -0.15) is 0 Å². The third-order valence-electron chi connectivity index (χ3n) is 4.59. The predicted octanol–water partition coefficient (Wildman–Crippen LogP) is 2.93. The molecule has 2 N–H and O–H groups in total. The number of carbonyl (C=O) groups excluding carboxylic acids is 1. The minimum absolute atomic E-state index is 0.0696. The minimum atomic E-state index is -0.664. The molecule has 2 rings (SSSR count). The van der Waals surface area contributed by atoms with Crippen LogP contribution in [-0.2, 0) is 4.79 Å². The molecule has 0 aromatic rings. The molecule has 1 fully saturated rings. The van der Waals surface area contributed by atoms with E-state index >= 15 is 0 Å². The first-order valence-electron chi connectivity index (χ1n) is 7.74. The first-order valence-corrected chi connectivity index (χ1v) is 7.74. The summed E-state index contributed by atoms with van der Waals surface area (Å²) in [6, 6.07) is 0. The summed E-state index contributed by atoms with van der Waals surface area (Å²) in [7, 11) is 0. The van der Waals surface area contributed by atoms with Crippen LogP contribution < -0.4 is 5.32 Å². The fraction of sp³-hybridized carbons (Fsp3) is 0.812. The van der Waals surface area contributed by atoms with Crippen LogP contribution in [0.2, 0.25) is 0 Å². The Morgan fingerprint density at radius 2 is 2.16 bits per heavy atom. The third-order valence-corrected chi connectivity index (χ3v) is 4.59. The highest BCUT2D eigenvalue weighted by Gasteiger charge is 2.31. The SMILES string of the molecule is CC1CCC(O)(CNC(=O)CC2=CCCCC2)CC1. The Balaban J connectivity index is 1.72. The first-order chi connectivity index (χ1) is 9.07. The van der Waals surface area contributed by atoms with Crippen LogP contribution >= 0.6 is 0 Å². The van der Waals surface area contributed by atoms with Crippen LogP contribution in [0.3, 0.4) is 0 Å². The summed E-state index contributed by atoms with van der Waals surface area (Å²) >= 11 is 0. The Morgan fingerprint density at radius 1 is 1.42 bits per heavy atom. The average Bonchev–Trinajstić information content (AvgIpc) is 2.42. The van der Waals surface area contributed by atoms with Crippen LogP contribution in [0.1, 0.15) is 64.7 Å². The molecule has 19 heavy (non-hydrogen) atoms. The van der Waals surface area contributed by atoms with Gasteiger partial charge in [-0.3, -0.25) is 4.79 Å². The highest BCUT2D eigenvalue weighted by atomic mass is 16.3. The van der Waals surface area contributed by atoms with E-state index in [1.54, 1.807) is 0 Å². The van der Waals surface area contributed by atoms with Crippen LogP contribution in [0, 0.1) is 5.92 Å². The van der Waals surface area contributed by atoms with Crippen molar-refractivity contribution in [2.75, 3.05) is 6.54 Å². The van der Waals surface area contributed by atoms with Crippen molar-refractivity contribution < 1.29 is 9.90 Å². The lowest BCUT2D eigenvalue weighted by Gasteiger charge is -2.35. The smallest absolute Gasteiger partial charge is 0.224 e. The van der Waals surface area contributed by atoms with Gasteiger partial charge in [0.05, 0.1) is 5.60 Å². The van der Waals surface area contributed by atoms with Gasteiger partial charge in [0.1, 0.15) is 0 Å². The Hall–Kier alpha value is -0.830. The van der Waals surface area contributed by atoms with E-state index in [1.807, 2.05) is 0 Å². The van der Waals surface area contributed by atoms with Crippen molar-refractivity contribution in [1.29, 1.82) is 0 Å². The summed E-state index contributed by atoms with van der Waals surface area (Å²) in [4.78, 5) is 11.9. The van der Waals surface area contributed by atoms with Crippen molar-refractivity contribution in [2.45, 2.75) is 70.3 Å². The summed E-state index contributed by atoms with van der Waals surface area (Å²) in [5.74, 6) is 0.781. The molecule has 1 saturated carbocycles. The van der Waals surface area contributed by atoms with Crippen LogP contribution in [0.5, 0.6) is 0 Å². The molecule has 3 heteroatoms. The number of carbonyl (C=O) groups is 1. The molecule has 0 bridgehead atoms.